The summed E-state index contributed by atoms with van der Waals surface area (Å²) >= 11 is 18.7. The van der Waals surface area contributed by atoms with Crippen LogP contribution in [0.1, 0.15) is 0 Å². The van der Waals surface area contributed by atoms with Gasteiger partial charge in [-0.2, -0.15) is 0 Å². The number of rotatable bonds is 2. The fourth-order valence-electron chi connectivity index (χ4n) is 0.0875. The third-order valence-corrected chi connectivity index (χ3v) is 5.88. The van der Waals surface area contributed by atoms with Crippen LogP contribution in [-0.2, 0) is 0 Å². The summed E-state index contributed by atoms with van der Waals surface area (Å²) < 4.78 is -0.524. The molecule has 1 atom stereocenters. The Labute approximate surface area is 87.2 Å². The van der Waals surface area contributed by atoms with E-state index in [1.165, 1.54) is 0 Å². The van der Waals surface area contributed by atoms with Crippen molar-refractivity contribution < 1.29 is 0 Å². The van der Waals surface area contributed by atoms with E-state index in [4.69, 9.17) is 11.6 Å². The zero-order valence-electron chi connectivity index (χ0n) is 3.67. The van der Waals surface area contributed by atoms with Crippen LogP contribution in [0.2, 0.25) is 0 Å². The predicted octanol–water partition coefficient (Wildman–Crippen LogP) is 3.83. The summed E-state index contributed by atoms with van der Waals surface area (Å²) in [6.45, 7) is 0. The molecule has 0 N–H and O–H groups in total. The second kappa shape index (κ2) is 4.16. The number of hydrogen-bond acceptors (Lipinski definition) is 0. The lowest BCUT2D eigenvalue weighted by atomic mass is 10.6. The van der Waals surface area contributed by atoms with Gasteiger partial charge >= 0.3 is 0 Å². The molecule has 0 spiro atoms. The lowest BCUT2D eigenvalue weighted by molar-refractivity contribution is 1.10. The molecule has 0 fully saturated rings. The highest BCUT2D eigenvalue weighted by Crippen LogP contribution is 2.39. The number of hydrogen-bond donors (Lipinski definition) is 0. The lowest BCUT2D eigenvalue weighted by Gasteiger charge is -2.15. The second-order valence-electron chi connectivity index (χ2n) is 1.16. The topological polar surface area (TPSA) is 0 Å². The van der Waals surface area contributed by atoms with Crippen molar-refractivity contribution in [1.82, 2.24) is 0 Å². The van der Waals surface area contributed by atoms with E-state index in [1.54, 1.807) is 0 Å². The lowest BCUT2D eigenvalue weighted by Crippen LogP contribution is -2.18. The van der Waals surface area contributed by atoms with Gasteiger partial charge in [0.1, 0.15) is 0 Å². The van der Waals surface area contributed by atoms with Crippen LogP contribution in [0.25, 0.3) is 0 Å². The molecule has 50 valence electrons. The molecular formula is C3H3Br4Cl. The van der Waals surface area contributed by atoms with E-state index in [9.17, 15) is 0 Å². The molecule has 0 saturated carbocycles. The van der Waals surface area contributed by atoms with Gasteiger partial charge in [0.15, 0.2) is 2.69 Å². The molecule has 0 rings (SSSR count). The van der Waals surface area contributed by atoms with E-state index in [-0.39, 0.29) is 4.83 Å². The number of alkyl halides is 5. The first-order chi connectivity index (χ1) is 3.48. The molecule has 0 aliphatic heterocycles. The van der Waals surface area contributed by atoms with Gasteiger partial charge in [-0.1, -0.05) is 75.3 Å². The number of halogens is 5. The Balaban J connectivity index is 3.62. The van der Waals surface area contributed by atoms with E-state index < -0.39 is 2.69 Å². The Kier molecular flexibility index (Phi) is 5.31. The van der Waals surface area contributed by atoms with Crippen LogP contribution in [0.4, 0.5) is 0 Å². The molecule has 8 heavy (non-hydrogen) atoms. The fraction of sp³-hybridized carbons (Fsp3) is 1.00. The van der Waals surface area contributed by atoms with Gasteiger partial charge in [-0.3, -0.25) is 0 Å². The molecule has 0 bridgehead atoms. The Morgan fingerprint density at radius 3 is 1.88 bits per heavy atom. The van der Waals surface area contributed by atoms with E-state index in [1.807, 2.05) is 0 Å². The van der Waals surface area contributed by atoms with Crippen molar-refractivity contribution in [3.8, 4) is 0 Å². The van der Waals surface area contributed by atoms with Crippen LogP contribution in [0.3, 0.4) is 0 Å². The molecule has 0 aromatic carbocycles. The summed E-state index contributed by atoms with van der Waals surface area (Å²) in [7, 11) is 0. The van der Waals surface area contributed by atoms with Gasteiger partial charge in [0.05, 0.1) is 4.83 Å². The molecule has 0 amide bonds. The van der Waals surface area contributed by atoms with Gasteiger partial charge < -0.3 is 0 Å². The Morgan fingerprint density at radius 2 is 1.88 bits per heavy atom. The van der Waals surface area contributed by atoms with Gasteiger partial charge in [0.25, 0.3) is 0 Å². The molecule has 0 heterocycles. The van der Waals surface area contributed by atoms with Crippen molar-refractivity contribution in [3.05, 3.63) is 0 Å². The second-order valence-corrected chi connectivity index (χ2v) is 7.99. The molecule has 0 nitrogen and oxygen atoms in total. The minimum Gasteiger partial charge on any atom is -0.0927 e. The van der Waals surface area contributed by atoms with Crippen molar-refractivity contribution in [2.24, 2.45) is 0 Å². The highest BCUT2D eigenvalue weighted by atomic mass is 79.9. The van der Waals surface area contributed by atoms with Crippen molar-refractivity contribution in [2.75, 3.05) is 5.33 Å². The van der Waals surface area contributed by atoms with Crippen LogP contribution in [0.5, 0.6) is 0 Å². The molecule has 0 radical (unpaired) electrons. The monoisotopic (exact) mass is 390 g/mol. The summed E-state index contributed by atoms with van der Waals surface area (Å²) in [6.07, 6.45) is 0. The molecule has 5 heteroatoms. The maximum Gasteiger partial charge on any atom is 0.166 e. The largest absolute Gasteiger partial charge is 0.166 e. The Bertz CT molecular complexity index is 68.2. The third kappa shape index (κ3) is 4.09. The van der Waals surface area contributed by atoms with Crippen molar-refractivity contribution in [3.63, 3.8) is 0 Å². The first kappa shape index (κ1) is 10.2. The molecule has 0 saturated heterocycles. The first-order valence-electron chi connectivity index (χ1n) is 1.75. The normalized spacial score (nSPS) is 16.1. The highest BCUT2D eigenvalue weighted by Gasteiger charge is 2.27. The quantitative estimate of drug-likeness (QED) is 0.625. The molecule has 1 unspecified atom stereocenters. The van der Waals surface area contributed by atoms with Crippen LogP contribution in [0.15, 0.2) is 0 Å². The van der Waals surface area contributed by atoms with Gasteiger partial charge in [-0.05, 0) is 0 Å². The van der Waals surface area contributed by atoms with E-state index in [0.29, 0.717) is 0 Å². The predicted molar refractivity (Wildman–Crippen MR) is 52.9 cm³/mol. The summed E-state index contributed by atoms with van der Waals surface area (Å²) in [5, 5.41) is 0.799. The standard InChI is InChI=1S/C3H3Br4Cl/c4-1-2(5)3(6,7)8/h2H,1H2. The zero-order valence-corrected chi connectivity index (χ0v) is 10.8. The summed E-state index contributed by atoms with van der Waals surface area (Å²) in [5.74, 6) is 0. The maximum atomic E-state index is 5.74. The fourth-order valence-corrected chi connectivity index (χ4v) is 2.03. The van der Waals surface area contributed by atoms with Crippen LogP contribution >= 0.6 is 75.3 Å². The minimum atomic E-state index is -0.524. The third-order valence-electron chi connectivity index (χ3n) is 0.491. The van der Waals surface area contributed by atoms with Crippen molar-refractivity contribution >= 4 is 75.3 Å². The Morgan fingerprint density at radius 1 is 1.50 bits per heavy atom. The zero-order chi connectivity index (χ0) is 6.78. The molecule has 0 aromatic heterocycles. The van der Waals surface area contributed by atoms with E-state index in [2.05, 4.69) is 63.7 Å². The SMILES string of the molecule is ClC(Br)(Br)C(Br)CBr. The first-order valence-corrected chi connectivity index (χ1v) is 5.75. The average Bonchev–Trinajstić information content (AvgIpc) is 1.62. The summed E-state index contributed by atoms with van der Waals surface area (Å²) in [6, 6.07) is 0. The molecular weight excluding hydrogens is 391 g/mol. The Hall–Kier alpha value is 2.21. The molecule has 0 aromatic rings. The van der Waals surface area contributed by atoms with Crippen LogP contribution < -0.4 is 0 Å². The van der Waals surface area contributed by atoms with Gasteiger partial charge in [0.2, 0.25) is 0 Å². The van der Waals surface area contributed by atoms with Crippen molar-refractivity contribution in [1.29, 1.82) is 0 Å². The smallest absolute Gasteiger partial charge is 0.0927 e. The highest BCUT2D eigenvalue weighted by molar-refractivity contribution is 9.27. The summed E-state index contributed by atoms with van der Waals surface area (Å²) in [5.41, 5.74) is 0. The van der Waals surface area contributed by atoms with Crippen LogP contribution in [0, 0.1) is 0 Å². The van der Waals surface area contributed by atoms with Crippen molar-refractivity contribution in [2.45, 2.75) is 7.52 Å². The molecule has 0 aliphatic carbocycles. The van der Waals surface area contributed by atoms with Gasteiger partial charge in [-0.15, -0.1) is 0 Å². The average molecular weight is 394 g/mol. The van der Waals surface area contributed by atoms with Crippen LogP contribution in [-0.4, -0.2) is 12.8 Å². The minimum absolute atomic E-state index is 0.177. The summed E-state index contributed by atoms with van der Waals surface area (Å²) in [4.78, 5) is 0.177. The molecule has 0 aliphatic rings. The maximum absolute atomic E-state index is 5.74. The van der Waals surface area contributed by atoms with E-state index >= 15 is 0 Å². The van der Waals surface area contributed by atoms with Gasteiger partial charge in [-0.25, -0.2) is 0 Å². The van der Waals surface area contributed by atoms with E-state index in [0.717, 1.165) is 5.33 Å². The van der Waals surface area contributed by atoms with Gasteiger partial charge in [0, 0.05) is 5.33 Å².